The molecule has 1 aliphatic carbocycles. The van der Waals surface area contributed by atoms with Crippen LogP contribution in [0.1, 0.15) is 73.1 Å². The fraction of sp³-hybridized carbons (Fsp3) is 0.739. The maximum Gasteiger partial charge on any atom is 0.407 e. The first-order valence-corrected chi connectivity index (χ1v) is 11.5. The summed E-state index contributed by atoms with van der Waals surface area (Å²) in [5, 5.41) is 22.9. The van der Waals surface area contributed by atoms with Gasteiger partial charge in [0.25, 0.3) is 0 Å². The zero-order chi connectivity index (χ0) is 24.6. The maximum atomic E-state index is 10.5. The van der Waals surface area contributed by atoms with Gasteiger partial charge in [-0.25, -0.2) is 4.79 Å². The number of alkyl carbamates (subject to hydrolysis) is 1. The largest absolute Gasteiger partial charge is 0.453 e. The van der Waals surface area contributed by atoms with Crippen molar-refractivity contribution in [1.29, 1.82) is 0 Å². The van der Waals surface area contributed by atoms with E-state index in [0.717, 1.165) is 24.8 Å². The van der Waals surface area contributed by atoms with Crippen molar-refractivity contribution in [3.8, 4) is 0 Å². The van der Waals surface area contributed by atoms with Gasteiger partial charge in [0.1, 0.15) is 6.04 Å². The number of carbonyl (C=O) groups excluding carboxylic acids is 2. The van der Waals surface area contributed by atoms with Crippen LogP contribution in [0.4, 0.5) is 4.79 Å². The number of aliphatic hydroxyl groups excluding tert-OH is 1. The second-order valence-corrected chi connectivity index (χ2v) is 7.91. The molecule has 0 aromatic rings. The number of hydrogen-bond acceptors (Lipinski definition) is 5. The monoisotopic (exact) mass is 462 g/mol. The molecule has 7 nitrogen and oxygen atoms in total. The number of aliphatic hydroxyl groups is 2. The molecule has 0 aromatic carbocycles. The number of halogens is 1. The van der Waals surface area contributed by atoms with Gasteiger partial charge in [-0.05, 0) is 45.1 Å². The Kier molecular flexibility index (Phi) is 17.4. The van der Waals surface area contributed by atoms with Gasteiger partial charge in [0, 0.05) is 5.92 Å². The SMILES string of the molecule is C=C(C(O)CC=C(C)C)C1CCCC[C@]1(O)CCl.CC.CC[C@@H](NC(=O)OC)C(N)=O. The van der Waals surface area contributed by atoms with Crippen LogP contribution in [0.2, 0.25) is 0 Å². The zero-order valence-corrected chi connectivity index (χ0v) is 20.8. The van der Waals surface area contributed by atoms with Gasteiger partial charge >= 0.3 is 6.09 Å². The van der Waals surface area contributed by atoms with E-state index in [1.54, 1.807) is 6.92 Å². The number of carbonyl (C=O) groups is 2. The number of primary amides is 1. The van der Waals surface area contributed by atoms with E-state index in [-0.39, 0.29) is 11.8 Å². The molecule has 2 amide bonds. The molecule has 1 aliphatic rings. The smallest absolute Gasteiger partial charge is 0.407 e. The van der Waals surface area contributed by atoms with Crippen LogP contribution in [-0.4, -0.2) is 53.0 Å². The predicted molar refractivity (Wildman–Crippen MR) is 127 cm³/mol. The molecule has 182 valence electrons. The maximum absolute atomic E-state index is 10.5. The Labute approximate surface area is 193 Å². The molecule has 8 heteroatoms. The van der Waals surface area contributed by atoms with Crippen molar-refractivity contribution in [2.24, 2.45) is 11.7 Å². The standard InChI is InChI=1S/C15H25ClO2.C6H12N2O3.C2H6/c1-11(2)7-8-14(17)12(3)13-6-4-5-9-15(13,18)10-16;1-3-4(5(7)9)8-6(10)11-2;1-2/h7,13-14,17-18H,3-6,8-10H2,1-2H3;4H,3H2,1-2H3,(H2,7,9)(H,8,10);1-2H3/t13?,14?,15-;4-;/m01./s1. The molecule has 0 spiro atoms. The van der Waals surface area contributed by atoms with Crippen molar-refractivity contribution in [2.75, 3.05) is 13.0 Å². The number of rotatable bonds is 8. The van der Waals surface area contributed by atoms with E-state index >= 15 is 0 Å². The molecule has 4 atom stereocenters. The summed E-state index contributed by atoms with van der Waals surface area (Å²) in [4.78, 5) is 21.1. The van der Waals surface area contributed by atoms with Gasteiger partial charge in [-0.1, -0.05) is 51.8 Å². The predicted octanol–water partition coefficient (Wildman–Crippen LogP) is 4.05. The van der Waals surface area contributed by atoms with E-state index < -0.39 is 29.7 Å². The molecule has 0 saturated heterocycles. The summed E-state index contributed by atoms with van der Waals surface area (Å²) >= 11 is 5.91. The van der Waals surface area contributed by atoms with Crippen molar-refractivity contribution in [2.45, 2.75) is 90.9 Å². The van der Waals surface area contributed by atoms with E-state index in [1.165, 1.54) is 12.7 Å². The average Bonchev–Trinajstić information content (AvgIpc) is 2.76. The number of ether oxygens (including phenoxy) is 1. The van der Waals surface area contributed by atoms with E-state index in [2.05, 4.69) is 16.6 Å². The number of allylic oxidation sites excluding steroid dienone is 1. The Morgan fingerprint density at radius 2 is 1.94 bits per heavy atom. The highest BCUT2D eigenvalue weighted by Crippen LogP contribution is 2.40. The van der Waals surface area contributed by atoms with Gasteiger partial charge in [0.15, 0.2) is 0 Å². The highest BCUT2D eigenvalue weighted by molar-refractivity contribution is 6.18. The van der Waals surface area contributed by atoms with E-state index in [1.807, 2.05) is 33.8 Å². The quantitative estimate of drug-likeness (QED) is 0.320. The van der Waals surface area contributed by atoms with Gasteiger partial charge in [0.2, 0.25) is 5.91 Å². The molecule has 1 rings (SSSR count). The molecule has 0 aliphatic heterocycles. The molecule has 2 unspecified atom stereocenters. The molecule has 31 heavy (non-hydrogen) atoms. The van der Waals surface area contributed by atoms with Gasteiger partial charge in [-0.15, -0.1) is 11.6 Å². The van der Waals surface area contributed by atoms with Crippen molar-refractivity contribution >= 4 is 23.6 Å². The van der Waals surface area contributed by atoms with Gasteiger partial charge in [0.05, 0.1) is 24.7 Å². The number of amides is 2. The van der Waals surface area contributed by atoms with Crippen molar-refractivity contribution in [3.05, 3.63) is 23.8 Å². The Morgan fingerprint density at radius 1 is 1.35 bits per heavy atom. The molecular formula is C23H43ClN2O5. The third kappa shape index (κ3) is 12.1. The zero-order valence-electron chi connectivity index (χ0n) is 20.0. The second kappa shape index (κ2) is 17.0. The number of nitrogens with one attached hydrogen (secondary N) is 1. The van der Waals surface area contributed by atoms with Gasteiger partial charge in [-0.2, -0.15) is 0 Å². The lowest BCUT2D eigenvalue weighted by Gasteiger charge is -2.40. The molecular weight excluding hydrogens is 420 g/mol. The Morgan fingerprint density at radius 3 is 2.35 bits per heavy atom. The van der Waals surface area contributed by atoms with Crippen LogP contribution in [-0.2, 0) is 9.53 Å². The molecule has 0 heterocycles. The Hall–Kier alpha value is -1.57. The lowest BCUT2D eigenvalue weighted by molar-refractivity contribution is -0.119. The first-order valence-electron chi connectivity index (χ1n) is 10.9. The second-order valence-electron chi connectivity index (χ2n) is 7.64. The minimum Gasteiger partial charge on any atom is -0.453 e. The summed E-state index contributed by atoms with van der Waals surface area (Å²) in [5.74, 6) is -0.423. The number of nitrogens with two attached hydrogens (primary N) is 1. The summed E-state index contributed by atoms with van der Waals surface area (Å²) in [6.45, 7) is 13.8. The van der Waals surface area contributed by atoms with Crippen LogP contribution in [0.3, 0.4) is 0 Å². The van der Waals surface area contributed by atoms with Crippen molar-refractivity contribution in [1.82, 2.24) is 5.32 Å². The number of hydrogen-bond donors (Lipinski definition) is 4. The summed E-state index contributed by atoms with van der Waals surface area (Å²) in [6.07, 6.45) is 5.44. The Bertz CT molecular complexity index is 578. The summed E-state index contributed by atoms with van der Waals surface area (Å²) in [5.41, 5.74) is 5.97. The van der Waals surface area contributed by atoms with Crippen LogP contribution in [0, 0.1) is 5.92 Å². The molecule has 1 fully saturated rings. The van der Waals surface area contributed by atoms with E-state index in [4.69, 9.17) is 17.3 Å². The van der Waals surface area contributed by atoms with Gasteiger partial charge in [-0.3, -0.25) is 4.79 Å². The molecule has 0 radical (unpaired) electrons. The molecule has 5 N–H and O–H groups in total. The van der Waals surface area contributed by atoms with Gasteiger partial charge < -0.3 is 26.0 Å². The summed E-state index contributed by atoms with van der Waals surface area (Å²) in [6, 6.07) is -0.637. The van der Waals surface area contributed by atoms with Crippen LogP contribution in [0.15, 0.2) is 23.8 Å². The minimum absolute atomic E-state index is 0.0793. The summed E-state index contributed by atoms with van der Waals surface area (Å²) < 4.78 is 4.27. The normalized spacial score (nSPS) is 21.6. The highest BCUT2D eigenvalue weighted by Gasteiger charge is 2.40. The van der Waals surface area contributed by atoms with Crippen LogP contribution in [0.5, 0.6) is 0 Å². The number of alkyl halides is 1. The van der Waals surface area contributed by atoms with E-state index in [9.17, 15) is 19.8 Å². The third-order valence-corrected chi connectivity index (χ3v) is 5.55. The topological polar surface area (TPSA) is 122 Å². The lowest BCUT2D eigenvalue weighted by atomic mass is 9.71. The first kappa shape index (κ1) is 31.6. The highest BCUT2D eigenvalue weighted by atomic mass is 35.5. The first-order chi connectivity index (χ1) is 14.5. The minimum atomic E-state index is -0.886. The van der Waals surface area contributed by atoms with Crippen molar-refractivity contribution in [3.63, 3.8) is 0 Å². The lowest BCUT2D eigenvalue weighted by Crippen LogP contribution is -2.45. The fourth-order valence-corrected chi connectivity index (χ4v) is 3.54. The van der Waals surface area contributed by atoms with Crippen LogP contribution < -0.4 is 11.1 Å². The fourth-order valence-electron chi connectivity index (χ4n) is 3.22. The molecule has 1 saturated carbocycles. The van der Waals surface area contributed by atoms with Crippen molar-refractivity contribution < 1.29 is 24.5 Å². The summed E-state index contributed by atoms with van der Waals surface area (Å²) in [7, 11) is 1.23. The van der Waals surface area contributed by atoms with E-state index in [0.29, 0.717) is 19.3 Å². The van der Waals surface area contributed by atoms with Crippen LogP contribution >= 0.6 is 11.6 Å². The van der Waals surface area contributed by atoms with Crippen LogP contribution in [0.25, 0.3) is 0 Å². The Balaban J connectivity index is 0. The number of methoxy groups -OCH3 is 1. The molecule has 0 aromatic heterocycles. The average molecular weight is 463 g/mol. The third-order valence-electron chi connectivity index (χ3n) is 5.09. The molecule has 0 bridgehead atoms.